The van der Waals surface area contributed by atoms with E-state index < -0.39 is 5.97 Å². The smallest absolute Gasteiger partial charge is 0.317 e. The van der Waals surface area contributed by atoms with E-state index in [1.807, 2.05) is 0 Å². The van der Waals surface area contributed by atoms with Crippen molar-refractivity contribution >= 4 is 5.97 Å². The van der Waals surface area contributed by atoms with Gasteiger partial charge in [-0.2, -0.15) is 0 Å². The van der Waals surface area contributed by atoms with Crippen LogP contribution in [0.1, 0.15) is 44.9 Å². The van der Waals surface area contributed by atoms with Crippen LogP contribution in [-0.2, 0) is 9.53 Å². The molecule has 2 aliphatic rings. The number of hydrogen-bond acceptors (Lipinski definition) is 3. The molecule has 17 heavy (non-hydrogen) atoms. The minimum absolute atomic E-state index is 0.192. The first-order valence-corrected chi connectivity index (χ1v) is 6.83. The topological polar surface area (TPSA) is 49.8 Å². The normalized spacial score (nSPS) is 25.8. The molecule has 4 heteroatoms. The number of carboxylic acids is 1. The maximum absolute atomic E-state index is 10.9. The predicted molar refractivity (Wildman–Crippen MR) is 65.1 cm³/mol. The van der Waals surface area contributed by atoms with E-state index in [0.29, 0.717) is 12.1 Å². The Hall–Kier alpha value is -0.610. The summed E-state index contributed by atoms with van der Waals surface area (Å²) in [6.45, 7) is 1.95. The van der Waals surface area contributed by atoms with Crippen molar-refractivity contribution < 1.29 is 14.6 Å². The molecule has 1 saturated carbocycles. The summed E-state index contributed by atoms with van der Waals surface area (Å²) in [5.41, 5.74) is 0. The third-order valence-electron chi connectivity index (χ3n) is 3.94. The summed E-state index contributed by atoms with van der Waals surface area (Å²) in [6.07, 6.45) is 8.49. The van der Waals surface area contributed by atoms with Gasteiger partial charge in [0, 0.05) is 19.2 Å². The maximum Gasteiger partial charge on any atom is 0.317 e. The van der Waals surface area contributed by atoms with Gasteiger partial charge in [-0.1, -0.05) is 12.8 Å². The molecule has 0 radical (unpaired) electrons. The number of rotatable bonds is 6. The summed E-state index contributed by atoms with van der Waals surface area (Å²) in [5, 5.41) is 8.96. The fourth-order valence-corrected chi connectivity index (χ4v) is 3.02. The van der Waals surface area contributed by atoms with Gasteiger partial charge in [0.25, 0.3) is 0 Å². The summed E-state index contributed by atoms with van der Waals surface area (Å²) in [6, 6.07) is 0.493. The molecule has 1 aliphatic heterocycles. The highest BCUT2D eigenvalue weighted by atomic mass is 16.5. The number of carbonyl (C=O) groups is 1. The highest BCUT2D eigenvalue weighted by Gasteiger charge is 2.25. The number of aliphatic carboxylic acids is 1. The largest absolute Gasteiger partial charge is 0.480 e. The molecule has 1 unspecified atom stereocenters. The molecule has 2 fully saturated rings. The molecule has 0 aromatic carbocycles. The van der Waals surface area contributed by atoms with E-state index in [0.717, 1.165) is 32.4 Å². The molecular weight excluding hydrogens is 218 g/mol. The van der Waals surface area contributed by atoms with E-state index in [1.54, 1.807) is 0 Å². The Morgan fingerprint density at radius 1 is 1.24 bits per heavy atom. The molecular formula is C13H23NO3. The molecule has 0 spiro atoms. The van der Waals surface area contributed by atoms with Crippen molar-refractivity contribution in [3.05, 3.63) is 0 Å². The van der Waals surface area contributed by atoms with Gasteiger partial charge in [-0.05, 0) is 32.1 Å². The van der Waals surface area contributed by atoms with Gasteiger partial charge in [0.15, 0.2) is 0 Å². The van der Waals surface area contributed by atoms with Gasteiger partial charge >= 0.3 is 5.97 Å². The van der Waals surface area contributed by atoms with E-state index in [4.69, 9.17) is 9.84 Å². The molecule has 2 rings (SSSR count). The Labute approximate surface area is 103 Å². The van der Waals surface area contributed by atoms with Crippen LogP contribution < -0.4 is 0 Å². The summed E-state index contributed by atoms with van der Waals surface area (Å²) in [4.78, 5) is 13.0. The van der Waals surface area contributed by atoms with Gasteiger partial charge in [-0.15, -0.1) is 0 Å². The van der Waals surface area contributed by atoms with E-state index in [2.05, 4.69) is 4.90 Å². The molecule has 1 aliphatic carbocycles. The zero-order chi connectivity index (χ0) is 12.1. The van der Waals surface area contributed by atoms with Crippen molar-refractivity contribution in [3.8, 4) is 0 Å². The van der Waals surface area contributed by atoms with E-state index >= 15 is 0 Å². The molecule has 0 aromatic rings. The highest BCUT2D eigenvalue weighted by molar-refractivity contribution is 5.69. The van der Waals surface area contributed by atoms with E-state index in [-0.39, 0.29) is 6.54 Å². The van der Waals surface area contributed by atoms with Crippen LogP contribution >= 0.6 is 0 Å². The van der Waals surface area contributed by atoms with Crippen molar-refractivity contribution in [1.29, 1.82) is 0 Å². The highest BCUT2D eigenvalue weighted by Crippen LogP contribution is 2.24. The molecule has 1 saturated heterocycles. The SMILES string of the molecule is O=C(O)CN(CCC1CCCO1)C1CCCC1. The number of ether oxygens (including phenoxy) is 1. The minimum atomic E-state index is -0.704. The summed E-state index contributed by atoms with van der Waals surface area (Å²) >= 11 is 0. The molecule has 0 aromatic heterocycles. The van der Waals surface area contributed by atoms with Crippen LogP contribution in [0.3, 0.4) is 0 Å². The Morgan fingerprint density at radius 3 is 2.59 bits per heavy atom. The second-order valence-corrected chi connectivity index (χ2v) is 5.23. The number of nitrogens with zero attached hydrogens (tertiary/aromatic N) is 1. The lowest BCUT2D eigenvalue weighted by molar-refractivity contribution is -0.139. The van der Waals surface area contributed by atoms with Crippen molar-refractivity contribution in [1.82, 2.24) is 4.90 Å². The number of carboxylic acid groups (broad SMARTS) is 1. The molecule has 4 nitrogen and oxygen atoms in total. The van der Waals surface area contributed by atoms with Gasteiger partial charge in [-0.25, -0.2) is 0 Å². The first-order valence-electron chi connectivity index (χ1n) is 6.83. The zero-order valence-electron chi connectivity index (χ0n) is 10.4. The van der Waals surface area contributed by atoms with Crippen molar-refractivity contribution in [2.75, 3.05) is 19.7 Å². The van der Waals surface area contributed by atoms with Crippen LogP contribution in [0.2, 0.25) is 0 Å². The zero-order valence-corrected chi connectivity index (χ0v) is 10.4. The van der Waals surface area contributed by atoms with Crippen LogP contribution in [0, 0.1) is 0 Å². The molecule has 1 heterocycles. The first kappa shape index (κ1) is 12.8. The van der Waals surface area contributed by atoms with Crippen molar-refractivity contribution in [2.45, 2.75) is 57.1 Å². The fraction of sp³-hybridized carbons (Fsp3) is 0.923. The van der Waals surface area contributed by atoms with Crippen molar-refractivity contribution in [3.63, 3.8) is 0 Å². The van der Waals surface area contributed by atoms with Crippen LogP contribution in [-0.4, -0.2) is 47.8 Å². The maximum atomic E-state index is 10.9. The molecule has 0 amide bonds. The van der Waals surface area contributed by atoms with Crippen LogP contribution in [0.15, 0.2) is 0 Å². The monoisotopic (exact) mass is 241 g/mol. The Bertz CT molecular complexity index is 245. The lowest BCUT2D eigenvalue weighted by Crippen LogP contribution is -2.39. The Balaban J connectivity index is 1.78. The van der Waals surface area contributed by atoms with Gasteiger partial charge in [0.05, 0.1) is 12.6 Å². The Kier molecular flexibility index (Phi) is 4.80. The van der Waals surface area contributed by atoms with E-state index in [9.17, 15) is 4.79 Å². The van der Waals surface area contributed by atoms with Crippen LogP contribution in [0.4, 0.5) is 0 Å². The molecule has 0 bridgehead atoms. The lowest BCUT2D eigenvalue weighted by atomic mass is 10.1. The van der Waals surface area contributed by atoms with Gasteiger partial charge in [0.1, 0.15) is 0 Å². The van der Waals surface area contributed by atoms with Crippen molar-refractivity contribution in [2.24, 2.45) is 0 Å². The second-order valence-electron chi connectivity index (χ2n) is 5.23. The minimum Gasteiger partial charge on any atom is -0.480 e. The first-order chi connectivity index (χ1) is 8.25. The third kappa shape index (κ3) is 3.96. The lowest BCUT2D eigenvalue weighted by Gasteiger charge is -2.28. The van der Waals surface area contributed by atoms with Gasteiger partial charge < -0.3 is 9.84 Å². The molecule has 98 valence electrons. The summed E-state index contributed by atoms with van der Waals surface area (Å²) < 4.78 is 5.60. The Morgan fingerprint density at radius 2 is 2.00 bits per heavy atom. The molecule has 1 atom stereocenters. The van der Waals surface area contributed by atoms with Gasteiger partial charge in [-0.3, -0.25) is 9.69 Å². The van der Waals surface area contributed by atoms with Gasteiger partial charge in [0.2, 0.25) is 0 Å². The average Bonchev–Trinajstić information content (AvgIpc) is 2.96. The number of hydrogen-bond donors (Lipinski definition) is 1. The second kappa shape index (κ2) is 6.36. The van der Waals surface area contributed by atoms with Crippen LogP contribution in [0.5, 0.6) is 0 Å². The van der Waals surface area contributed by atoms with Crippen LogP contribution in [0.25, 0.3) is 0 Å². The predicted octanol–water partition coefficient (Wildman–Crippen LogP) is 1.88. The summed E-state index contributed by atoms with van der Waals surface area (Å²) in [7, 11) is 0. The quantitative estimate of drug-likeness (QED) is 0.771. The molecule has 1 N–H and O–H groups in total. The fourth-order valence-electron chi connectivity index (χ4n) is 3.02. The van der Waals surface area contributed by atoms with E-state index in [1.165, 1.54) is 25.7 Å². The summed E-state index contributed by atoms with van der Waals surface area (Å²) in [5.74, 6) is -0.704. The standard InChI is InChI=1S/C13H23NO3/c15-13(16)10-14(11-4-1-2-5-11)8-7-12-6-3-9-17-12/h11-12H,1-10H2,(H,15,16). The average molecular weight is 241 g/mol. The third-order valence-corrected chi connectivity index (χ3v) is 3.94.